The highest BCUT2D eigenvalue weighted by Gasteiger charge is 2.72. The van der Waals surface area contributed by atoms with Crippen LogP contribution in [0.15, 0.2) is 12.2 Å². The summed E-state index contributed by atoms with van der Waals surface area (Å²) in [6.45, 7) is 19.1. The molecule has 0 unspecified atom stereocenters. The standard InChI is InChI=1S/C31H50O3/c1-19(2)20-11-16-31(26(33)34-8)18-17-29(6)21(25(20)31)9-10-23-28(5)14-13-24(32)27(3,4)22(28)12-15-30(23,29)7/h20-25,32H,1,9-18H2,2-8H3/t20-,21+,22-,23-,24-,25-,28-,29+,30+,31-/m0/s1. The molecule has 5 aliphatic carbocycles. The summed E-state index contributed by atoms with van der Waals surface area (Å²) in [5, 5.41) is 10.9. The Morgan fingerprint density at radius 3 is 2.21 bits per heavy atom. The first-order valence-electron chi connectivity index (χ1n) is 14.2. The minimum Gasteiger partial charge on any atom is -0.469 e. The van der Waals surface area contributed by atoms with Crippen molar-refractivity contribution in [3.63, 3.8) is 0 Å². The van der Waals surface area contributed by atoms with E-state index in [4.69, 9.17) is 4.74 Å². The van der Waals surface area contributed by atoms with E-state index in [1.807, 2.05) is 0 Å². The quantitative estimate of drug-likeness (QED) is 0.343. The Labute approximate surface area is 208 Å². The molecule has 0 aromatic carbocycles. The number of carbonyl (C=O) groups is 1. The molecule has 3 heteroatoms. The van der Waals surface area contributed by atoms with Crippen molar-refractivity contribution in [2.45, 2.75) is 112 Å². The average Bonchev–Trinajstić information content (AvgIpc) is 3.18. The van der Waals surface area contributed by atoms with E-state index in [2.05, 4.69) is 48.1 Å². The van der Waals surface area contributed by atoms with Crippen LogP contribution >= 0.6 is 0 Å². The summed E-state index contributed by atoms with van der Waals surface area (Å²) in [7, 11) is 1.59. The number of aliphatic hydroxyl groups excluding tert-OH is 1. The number of fused-ring (bicyclic) bond motifs is 7. The summed E-state index contributed by atoms with van der Waals surface area (Å²) in [5.74, 6) is 2.72. The zero-order chi connectivity index (χ0) is 24.9. The third-order valence-corrected chi connectivity index (χ3v) is 13.6. The first kappa shape index (κ1) is 24.8. The van der Waals surface area contributed by atoms with Crippen molar-refractivity contribution in [2.24, 2.45) is 56.7 Å². The van der Waals surface area contributed by atoms with Crippen LogP contribution in [0, 0.1) is 56.7 Å². The van der Waals surface area contributed by atoms with Gasteiger partial charge in [-0.25, -0.2) is 0 Å². The zero-order valence-electron chi connectivity index (χ0n) is 23.0. The second-order valence-electron chi connectivity index (χ2n) is 14.7. The van der Waals surface area contributed by atoms with E-state index >= 15 is 0 Å². The van der Waals surface area contributed by atoms with Gasteiger partial charge in [0.05, 0.1) is 18.6 Å². The number of ether oxygens (including phenoxy) is 1. The van der Waals surface area contributed by atoms with Gasteiger partial charge in [-0.15, -0.1) is 0 Å². The Balaban J connectivity index is 1.56. The molecule has 3 nitrogen and oxygen atoms in total. The molecule has 5 rings (SSSR count). The molecule has 0 bridgehead atoms. The lowest BCUT2D eigenvalue weighted by Crippen LogP contribution is -2.67. The molecule has 5 aliphatic rings. The molecule has 0 saturated heterocycles. The second kappa shape index (κ2) is 7.59. The smallest absolute Gasteiger partial charge is 0.312 e. The molecule has 0 heterocycles. The molecule has 10 atom stereocenters. The number of rotatable bonds is 2. The normalized spacial score (nSPS) is 53.6. The molecule has 5 fully saturated rings. The lowest BCUT2D eigenvalue weighted by atomic mass is 9.32. The van der Waals surface area contributed by atoms with Crippen molar-refractivity contribution >= 4 is 5.97 Å². The topological polar surface area (TPSA) is 46.5 Å². The fourth-order valence-corrected chi connectivity index (χ4v) is 11.7. The number of carbonyl (C=O) groups excluding carboxylic acids is 1. The van der Waals surface area contributed by atoms with Crippen molar-refractivity contribution < 1.29 is 14.6 Å². The van der Waals surface area contributed by atoms with Crippen molar-refractivity contribution in [3.8, 4) is 0 Å². The van der Waals surface area contributed by atoms with Crippen LogP contribution in [-0.4, -0.2) is 24.3 Å². The van der Waals surface area contributed by atoms with Crippen LogP contribution < -0.4 is 0 Å². The average molecular weight is 471 g/mol. The predicted octanol–water partition coefficient (Wildman–Crippen LogP) is 7.18. The van der Waals surface area contributed by atoms with E-state index in [9.17, 15) is 9.90 Å². The molecule has 5 saturated carbocycles. The highest BCUT2D eigenvalue weighted by Crippen LogP contribution is 2.77. The second-order valence-corrected chi connectivity index (χ2v) is 14.7. The Morgan fingerprint density at radius 2 is 1.56 bits per heavy atom. The van der Waals surface area contributed by atoms with Gasteiger partial charge in [0, 0.05) is 0 Å². The van der Waals surface area contributed by atoms with Gasteiger partial charge >= 0.3 is 5.97 Å². The third-order valence-electron chi connectivity index (χ3n) is 13.6. The summed E-state index contributed by atoms with van der Waals surface area (Å²) in [6, 6.07) is 0. The fraction of sp³-hybridized carbons (Fsp3) is 0.903. The fourth-order valence-electron chi connectivity index (χ4n) is 11.7. The first-order valence-corrected chi connectivity index (χ1v) is 14.2. The minimum atomic E-state index is -0.302. The monoisotopic (exact) mass is 470 g/mol. The van der Waals surface area contributed by atoms with Crippen LogP contribution in [0.4, 0.5) is 0 Å². The van der Waals surface area contributed by atoms with Gasteiger partial charge in [0.2, 0.25) is 0 Å². The summed E-state index contributed by atoms with van der Waals surface area (Å²) in [6.07, 6.45) is 11.1. The highest BCUT2D eigenvalue weighted by molar-refractivity contribution is 5.78. The zero-order valence-corrected chi connectivity index (χ0v) is 23.0. The number of esters is 1. The van der Waals surface area contributed by atoms with Gasteiger partial charge < -0.3 is 9.84 Å². The SMILES string of the molecule is C=C(C)[C@@H]1CC[C@]2(C(=O)OC)CC[C@]3(C)[C@H](CC[C@H]4[C@@]5(C)CC[C@H](O)C(C)(C)[C@@H]5CC[C@]43C)[C@H]12. The van der Waals surface area contributed by atoms with Gasteiger partial charge in [0.25, 0.3) is 0 Å². The first-order chi connectivity index (χ1) is 15.8. The van der Waals surface area contributed by atoms with E-state index in [1.165, 1.54) is 31.3 Å². The van der Waals surface area contributed by atoms with Gasteiger partial charge in [-0.05, 0) is 122 Å². The Bertz CT molecular complexity index is 876. The number of hydrogen-bond donors (Lipinski definition) is 1. The highest BCUT2D eigenvalue weighted by atomic mass is 16.5. The number of hydrogen-bond acceptors (Lipinski definition) is 3. The molecular formula is C31H50O3. The molecule has 1 N–H and O–H groups in total. The van der Waals surface area contributed by atoms with Gasteiger partial charge in [-0.2, -0.15) is 0 Å². The lowest BCUT2D eigenvalue weighted by molar-refractivity contribution is -0.248. The predicted molar refractivity (Wildman–Crippen MR) is 137 cm³/mol. The van der Waals surface area contributed by atoms with Crippen molar-refractivity contribution in [3.05, 3.63) is 12.2 Å². The molecule has 0 aromatic rings. The van der Waals surface area contributed by atoms with Crippen molar-refractivity contribution in [1.82, 2.24) is 0 Å². The third kappa shape index (κ3) is 2.83. The maximum absolute atomic E-state index is 13.3. The van der Waals surface area contributed by atoms with Crippen LogP contribution in [-0.2, 0) is 9.53 Å². The molecule has 0 aliphatic heterocycles. The van der Waals surface area contributed by atoms with Crippen LogP contribution in [0.25, 0.3) is 0 Å². The van der Waals surface area contributed by atoms with Crippen molar-refractivity contribution in [2.75, 3.05) is 7.11 Å². The summed E-state index contributed by atoms with van der Waals surface area (Å²) >= 11 is 0. The van der Waals surface area contributed by atoms with E-state index in [-0.39, 0.29) is 33.7 Å². The van der Waals surface area contributed by atoms with Crippen LogP contribution in [0.2, 0.25) is 0 Å². The lowest BCUT2D eigenvalue weighted by Gasteiger charge is -2.72. The van der Waals surface area contributed by atoms with Crippen LogP contribution in [0.1, 0.15) is 106 Å². The Kier molecular flexibility index (Phi) is 5.55. The molecule has 0 radical (unpaired) electrons. The maximum Gasteiger partial charge on any atom is 0.312 e. The number of methoxy groups -OCH3 is 1. The summed E-state index contributed by atoms with van der Waals surface area (Å²) < 4.78 is 5.49. The van der Waals surface area contributed by atoms with Crippen LogP contribution in [0.5, 0.6) is 0 Å². The van der Waals surface area contributed by atoms with E-state index in [1.54, 1.807) is 7.11 Å². The Morgan fingerprint density at radius 1 is 0.853 bits per heavy atom. The van der Waals surface area contributed by atoms with Crippen molar-refractivity contribution in [1.29, 1.82) is 0 Å². The van der Waals surface area contributed by atoms with Crippen LogP contribution in [0.3, 0.4) is 0 Å². The number of aliphatic hydroxyl groups is 1. The summed E-state index contributed by atoms with van der Waals surface area (Å²) in [4.78, 5) is 13.3. The minimum absolute atomic E-state index is 0.00478. The number of allylic oxidation sites excluding steroid dienone is 1. The van der Waals surface area contributed by atoms with E-state index < -0.39 is 0 Å². The molecular weight excluding hydrogens is 420 g/mol. The molecule has 0 spiro atoms. The van der Waals surface area contributed by atoms with E-state index in [0.29, 0.717) is 35.0 Å². The molecule has 0 amide bonds. The van der Waals surface area contributed by atoms with Gasteiger partial charge in [0.1, 0.15) is 0 Å². The Hall–Kier alpha value is -0.830. The molecule has 192 valence electrons. The molecule has 0 aromatic heterocycles. The van der Waals surface area contributed by atoms with E-state index in [0.717, 1.165) is 38.5 Å². The van der Waals surface area contributed by atoms with Gasteiger partial charge in [-0.1, -0.05) is 46.8 Å². The molecule has 34 heavy (non-hydrogen) atoms. The maximum atomic E-state index is 13.3. The summed E-state index contributed by atoms with van der Waals surface area (Å²) in [5.41, 5.74) is 1.78. The van der Waals surface area contributed by atoms with Gasteiger partial charge in [0.15, 0.2) is 0 Å². The van der Waals surface area contributed by atoms with Gasteiger partial charge in [-0.3, -0.25) is 4.79 Å². The largest absolute Gasteiger partial charge is 0.469 e.